The Bertz CT molecular complexity index is 1400. The predicted octanol–water partition coefficient (Wildman–Crippen LogP) is 5.81. The minimum atomic E-state index is -0.541. The monoisotopic (exact) mass is 558 g/mol. The van der Waals surface area contributed by atoms with Crippen LogP contribution in [-0.2, 0) is 14.3 Å². The number of benzene rings is 3. The molecule has 3 atom stereocenters. The predicted molar refractivity (Wildman–Crippen MR) is 157 cm³/mol. The van der Waals surface area contributed by atoms with Gasteiger partial charge < -0.3 is 24.3 Å². The Morgan fingerprint density at radius 1 is 1.02 bits per heavy atom. The van der Waals surface area contributed by atoms with E-state index in [9.17, 15) is 9.59 Å². The molecule has 1 N–H and O–H groups in total. The molecule has 41 heavy (non-hydrogen) atoms. The third-order valence-electron chi connectivity index (χ3n) is 7.98. The highest BCUT2D eigenvalue weighted by molar-refractivity contribution is 5.94. The second-order valence-electron chi connectivity index (χ2n) is 10.9. The van der Waals surface area contributed by atoms with E-state index in [1.54, 1.807) is 7.11 Å². The fraction of sp³-hybridized carbons (Fsp3) is 0.394. The van der Waals surface area contributed by atoms with Crippen molar-refractivity contribution in [3.63, 3.8) is 0 Å². The Hall–Kier alpha value is -4.04. The largest absolute Gasteiger partial charge is 0.497 e. The molecule has 1 fully saturated rings. The van der Waals surface area contributed by atoms with Crippen LogP contribution in [0.4, 0.5) is 5.69 Å². The van der Waals surface area contributed by atoms with Gasteiger partial charge in [0.05, 0.1) is 26.2 Å². The molecule has 0 saturated carbocycles. The number of methoxy groups -OCH3 is 1. The van der Waals surface area contributed by atoms with Gasteiger partial charge in [0.15, 0.2) is 11.5 Å². The molecule has 8 nitrogen and oxygen atoms in total. The Balaban J connectivity index is 1.51. The Morgan fingerprint density at radius 3 is 2.46 bits per heavy atom. The van der Waals surface area contributed by atoms with Crippen LogP contribution < -0.4 is 19.5 Å². The lowest BCUT2D eigenvalue weighted by molar-refractivity contribution is -0.149. The van der Waals surface area contributed by atoms with E-state index in [0.717, 1.165) is 33.7 Å². The first-order valence-electron chi connectivity index (χ1n) is 14.1. The fourth-order valence-corrected chi connectivity index (χ4v) is 6.00. The molecule has 0 aliphatic carbocycles. The molecule has 3 aromatic rings. The Kier molecular flexibility index (Phi) is 8.49. The number of anilines is 1. The number of nitrogens with one attached hydrogen (secondary N) is 1. The number of hydrogen-bond donors (Lipinski definition) is 1. The zero-order valence-electron chi connectivity index (χ0n) is 24.3. The number of amides is 1. The molecular formula is C33H38N2O6. The molecule has 2 aliphatic rings. The molecule has 0 unspecified atom stereocenters. The maximum absolute atomic E-state index is 13.6. The Labute approximate surface area is 241 Å². The van der Waals surface area contributed by atoms with Crippen LogP contribution in [0.5, 0.6) is 17.2 Å². The molecule has 3 aromatic carbocycles. The van der Waals surface area contributed by atoms with Gasteiger partial charge in [-0.1, -0.05) is 50.2 Å². The fourth-order valence-electron chi connectivity index (χ4n) is 6.00. The molecule has 0 bridgehead atoms. The molecule has 0 radical (unpaired) electrons. The zero-order chi connectivity index (χ0) is 29.1. The summed E-state index contributed by atoms with van der Waals surface area (Å²) in [7, 11) is 1.62. The number of rotatable bonds is 9. The summed E-state index contributed by atoms with van der Waals surface area (Å²) in [4.78, 5) is 29.4. The third-order valence-corrected chi connectivity index (χ3v) is 7.98. The lowest BCUT2D eigenvalue weighted by atomic mass is 9.82. The van der Waals surface area contributed by atoms with Gasteiger partial charge in [-0.2, -0.15) is 0 Å². The van der Waals surface area contributed by atoms with Crippen LogP contribution in [0.1, 0.15) is 60.9 Å². The average Bonchev–Trinajstić information content (AvgIpc) is 3.58. The first-order valence-corrected chi connectivity index (χ1v) is 14.1. The van der Waals surface area contributed by atoms with E-state index in [1.165, 1.54) is 0 Å². The van der Waals surface area contributed by atoms with Gasteiger partial charge in [-0.25, -0.2) is 0 Å². The molecule has 0 aromatic heterocycles. The number of ether oxygens (including phenoxy) is 4. The van der Waals surface area contributed by atoms with E-state index in [-0.39, 0.29) is 49.7 Å². The second-order valence-corrected chi connectivity index (χ2v) is 10.9. The second kappa shape index (κ2) is 12.2. The van der Waals surface area contributed by atoms with E-state index in [1.807, 2.05) is 68.4 Å². The molecule has 8 heteroatoms. The van der Waals surface area contributed by atoms with E-state index in [0.29, 0.717) is 18.0 Å². The lowest BCUT2D eigenvalue weighted by Gasteiger charge is -2.28. The molecule has 1 saturated heterocycles. The minimum absolute atomic E-state index is 0.111. The summed E-state index contributed by atoms with van der Waals surface area (Å²) in [5.41, 5.74) is 4.81. The van der Waals surface area contributed by atoms with Crippen molar-refractivity contribution in [3.05, 3.63) is 82.9 Å². The van der Waals surface area contributed by atoms with Crippen LogP contribution in [0.3, 0.4) is 0 Å². The number of hydrogen-bond acceptors (Lipinski definition) is 7. The smallest absolute Gasteiger partial charge is 0.311 e. The van der Waals surface area contributed by atoms with Crippen LogP contribution >= 0.6 is 0 Å². The van der Waals surface area contributed by atoms with Gasteiger partial charge in [-0.15, -0.1) is 0 Å². The number of carbonyl (C=O) groups is 2. The molecule has 1 amide bonds. The number of carbonyl (C=O) groups excluding carboxylic acids is 2. The van der Waals surface area contributed by atoms with E-state index in [2.05, 4.69) is 30.1 Å². The average molecular weight is 559 g/mol. The highest BCUT2D eigenvalue weighted by Crippen LogP contribution is 2.48. The number of aryl methyl sites for hydroxylation is 1. The van der Waals surface area contributed by atoms with Crippen LogP contribution in [0.25, 0.3) is 0 Å². The molecule has 216 valence electrons. The normalized spacial score (nSPS) is 19.8. The van der Waals surface area contributed by atoms with Crippen molar-refractivity contribution in [2.75, 3.05) is 38.9 Å². The summed E-state index contributed by atoms with van der Waals surface area (Å²) in [6.45, 7) is 9.08. The summed E-state index contributed by atoms with van der Waals surface area (Å²) >= 11 is 0. The summed E-state index contributed by atoms with van der Waals surface area (Å²) in [5.74, 6) is 1.12. The molecule has 5 rings (SSSR count). The van der Waals surface area contributed by atoms with Crippen LogP contribution in [0.2, 0.25) is 0 Å². The van der Waals surface area contributed by atoms with E-state index >= 15 is 0 Å². The standard InChI is InChI=1S/C33H38N2O6/c1-6-39-33(37)30-26(23-12-15-27-28(16-23)41-19-40-27)17-35(32(30)22-10-13-24(38-5)14-11-22)18-29(36)34-31-21(4)8-7-9-25(31)20(2)3/h7-16,20,26,30,32H,6,17-19H2,1-5H3,(H,34,36)/t26-,30-,32+/m1/s1. The number of para-hydroxylation sites is 1. The van der Waals surface area contributed by atoms with Gasteiger partial charge >= 0.3 is 5.97 Å². The van der Waals surface area contributed by atoms with E-state index < -0.39 is 5.92 Å². The third kappa shape index (κ3) is 5.88. The van der Waals surface area contributed by atoms with Crippen molar-refractivity contribution >= 4 is 17.6 Å². The van der Waals surface area contributed by atoms with Gasteiger partial charge in [-0.05, 0) is 66.3 Å². The quantitative estimate of drug-likeness (QED) is 0.332. The number of esters is 1. The molecule has 2 aliphatic heterocycles. The highest BCUT2D eigenvalue weighted by atomic mass is 16.7. The van der Waals surface area contributed by atoms with Crippen LogP contribution in [0.15, 0.2) is 60.7 Å². The first-order chi connectivity index (χ1) is 19.8. The van der Waals surface area contributed by atoms with Crippen molar-refractivity contribution in [3.8, 4) is 17.2 Å². The summed E-state index contributed by atoms with van der Waals surface area (Å²) in [6, 6.07) is 19.2. The van der Waals surface area contributed by atoms with Crippen molar-refractivity contribution in [2.45, 2.75) is 45.6 Å². The van der Waals surface area contributed by atoms with Crippen molar-refractivity contribution < 1.29 is 28.5 Å². The van der Waals surface area contributed by atoms with Crippen LogP contribution in [-0.4, -0.2) is 50.4 Å². The van der Waals surface area contributed by atoms with E-state index in [4.69, 9.17) is 18.9 Å². The molecular weight excluding hydrogens is 520 g/mol. The van der Waals surface area contributed by atoms with Gasteiger partial charge in [0.25, 0.3) is 0 Å². The maximum atomic E-state index is 13.6. The van der Waals surface area contributed by atoms with Crippen LogP contribution in [0, 0.1) is 12.8 Å². The van der Waals surface area contributed by atoms with Crippen molar-refractivity contribution in [1.29, 1.82) is 0 Å². The number of nitrogens with zero attached hydrogens (tertiary/aromatic N) is 1. The van der Waals surface area contributed by atoms with Gasteiger partial charge in [0.1, 0.15) is 5.75 Å². The maximum Gasteiger partial charge on any atom is 0.311 e. The highest BCUT2D eigenvalue weighted by Gasteiger charge is 2.48. The van der Waals surface area contributed by atoms with Gasteiger partial charge in [0, 0.05) is 24.2 Å². The summed E-state index contributed by atoms with van der Waals surface area (Å²) in [5, 5.41) is 3.18. The SMILES string of the molecule is CCOC(=O)[C@@H]1[C@@H](c2ccc3c(c2)OCO3)CN(CC(=O)Nc2c(C)cccc2C(C)C)[C@H]1c1ccc(OC)cc1. The van der Waals surface area contributed by atoms with Gasteiger partial charge in [0.2, 0.25) is 12.7 Å². The van der Waals surface area contributed by atoms with Crippen molar-refractivity contribution in [1.82, 2.24) is 4.90 Å². The van der Waals surface area contributed by atoms with Gasteiger partial charge in [-0.3, -0.25) is 14.5 Å². The lowest BCUT2D eigenvalue weighted by Crippen LogP contribution is -2.35. The first kappa shape index (κ1) is 28.5. The summed E-state index contributed by atoms with van der Waals surface area (Å²) < 4.78 is 22.2. The Morgan fingerprint density at radius 2 is 1.76 bits per heavy atom. The number of fused-ring (bicyclic) bond motifs is 1. The minimum Gasteiger partial charge on any atom is -0.497 e. The molecule has 2 heterocycles. The topological polar surface area (TPSA) is 86.3 Å². The zero-order valence-corrected chi connectivity index (χ0v) is 24.3. The molecule has 0 spiro atoms. The van der Waals surface area contributed by atoms with Crippen molar-refractivity contribution in [2.24, 2.45) is 5.92 Å². The number of likely N-dealkylation sites (tertiary alicyclic amines) is 1. The summed E-state index contributed by atoms with van der Waals surface area (Å²) in [6.07, 6.45) is 0.